The minimum absolute atomic E-state index is 0.414. The molecule has 0 saturated carbocycles. The fraction of sp³-hybridized carbons (Fsp3) is 0.250. The summed E-state index contributed by atoms with van der Waals surface area (Å²) in [5, 5.41) is 0. The van der Waals surface area contributed by atoms with Crippen LogP contribution in [-0.2, 0) is 6.42 Å². The third-order valence-corrected chi connectivity index (χ3v) is 3.40. The smallest absolute Gasteiger partial charge is 0.0366 e. The van der Waals surface area contributed by atoms with Crippen LogP contribution >= 0.6 is 0 Å². The van der Waals surface area contributed by atoms with Crippen LogP contribution < -0.4 is 10.6 Å². The third-order valence-electron chi connectivity index (χ3n) is 3.40. The van der Waals surface area contributed by atoms with E-state index < -0.39 is 0 Å². The molecule has 0 aliphatic rings. The van der Waals surface area contributed by atoms with E-state index in [1.165, 1.54) is 11.3 Å². The number of nitrogen functional groups attached to an aromatic ring is 1. The highest BCUT2D eigenvalue weighted by molar-refractivity contribution is 5.49. The van der Waals surface area contributed by atoms with Gasteiger partial charge in [0.2, 0.25) is 0 Å². The van der Waals surface area contributed by atoms with Crippen LogP contribution in [0, 0.1) is 0 Å². The van der Waals surface area contributed by atoms with Crippen molar-refractivity contribution in [3.8, 4) is 0 Å². The summed E-state index contributed by atoms with van der Waals surface area (Å²) in [7, 11) is 2.12. The first-order valence-corrected chi connectivity index (χ1v) is 6.29. The molecular weight excluding hydrogens is 220 g/mol. The Hall–Kier alpha value is -1.96. The number of hydrogen-bond donors (Lipinski definition) is 1. The molecule has 1 atom stereocenters. The number of rotatable bonds is 4. The summed E-state index contributed by atoms with van der Waals surface area (Å²) >= 11 is 0. The van der Waals surface area contributed by atoms with E-state index in [1.54, 1.807) is 0 Å². The Bertz CT molecular complexity index is 493. The molecule has 0 aliphatic carbocycles. The van der Waals surface area contributed by atoms with Gasteiger partial charge in [-0.2, -0.15) is 0 Å². The van der Waals surface area contributed by atoms with E-state index in [9.17, 15) is 0 Å². The van der Waals surface area contributed by atoms with Crippen LogP contribution in [0.15, 0.2) is 54.6 Å². The second kappa shape index (κ2) is 5.58. The monoisotopic (exact) mass is 240 g/mol. The van der Waals surface area contributed by atoms with E-state index in [4.69, 9.17) is 5.73 Å². The first-order chi connectivity index (χ1) is 8.68. The van der Waals surface area contributed by atoms with Crippen molar-refractivity contribution < 1.29 is 0 Å². The van der Waals surface area contributed by atoms with Gasteiger partial charge in [0.15, 0.2) is 0 Å². The van der Waals surface area contributed by atoms with Crippen LogP contribution in [0.3, 0.4) is 0 Å². The second-order valence-electron chi connectivity index (χ2n) is 4.70. The van der Waals surface area contributed by atoms with Gasteiger partial charge in [-0.1, -0.05) is 36.4 Å². The quantitative estimate of drug-likeness (QED) is 0.830. The molecule has 2 N–H and O–H groups in total. The maximum atomic E-state index is 5.99. The van der Waals surface area contributed by atoms with Gasteiger partial charge in [-0.3, -0.25) is 0 Å². The predicted octanol–water partition coefficient (Wildman–Crippen LogP) is 3.34. The average Bonchev–Trinajstić information content (AvgIpc) is 2.41. The molecule has 2 aromatic rings. The predicted molar refractivity (Wildman–Crippen MR) is 78.9 cm³/mol. The molecule has 0 aromatic heterocycles. The lowest BCUT2D eigenvalue weighted by Crippen LogP contribution is -2.30. The number of anilines is 2. The molecule has 0 aliphatic heterocycles. The lowest BCUT2D eigenvalue weighted by atomic mass is 10.0. The average molecular weight is 240 g/mol. The Morgan fingerprint density at radius 1 is 1.00 bits per heavy atom. The molecule has 0 amide bonds. The minimum atomic E-state index is 0.414. The molecule has 0 radical (unpaired) electrons. The second-order valence-corrected chi connectivity index (χ2v) is 4.70. The van der Waals surface area contributed by atoms with Gasteiger partial charge in [-0.25, -0.2) is 0 Å². The van der Waals surface area contributed by atoms with Crippen molar-refractivity contribution in [3.63, 3.8) is 0 Å². The van der Waals surface area contributed by atoms with Gasteiger partial charge in [-0.05, 0) is 37.1 Å². The maximum Gasteiger partial charge on any atom is 0.0366 e. The standard InChI is InChI=1S/C16H20N2/c1-13(12-14-8-6-7-11-16(14)17)18(2)15-9-4-3-5-10-15/h3-11,13H,12,17H2,1-2H3. The summed E-state index contributed by atoms with van der Waals surface area (Å²) in [6.45, 7) is 2.22. The zero-order valence-corrected chi connectivity index (χ0v) is 11.0. The van der Waals surface area contributed by atoms with E-state index in [0.717, 1.165) is 12.1 Å². The summed E-state index contributed by atoms with van der Waals surface area (Å²) in [6, 6.07) is 18.9. The molecule has 18 heavy (non-hydrogen) atoms. The molecule has 94 valence electrons. The van der Waals surface area contributed by atoms with Crippen LogP contribution in [0.5, 0.6) is 0 Å². The normalized spacial score (nSPS) is 12.1. The molecule has 2 aromatic carbocycles. The summed E-state index contributed by atoms with van der Waals surface area (Å²) in [4.78, 5) is 2.28. The summed E-state index contributed by atoms with van der Waals surface area (Å²) in [6.07, 6.45) is 0.956. The Balaban J connectivity index is 2.09. The molecule has 0 heterocycles. The van der Waals surface area contributed by atoms with Crippen LogP contribution in [0.4, 0.5) is 11.4 Å². The van der Waals surface area contributed by atoms with E-state index in [-0.39, 0.29) is 0 Å². The zero-order chi connectivity index (χ0) is 13.0. The topological polar surface area (TPSA) is 29.3 Å². The number of nitrogens with zero attached hydrogens (tertiary/aromatic N) is 1. The van der Waals surface area contributed by atoms with Crippen molar-refractivity contribution in [2.45, 2.75) is 19.4 Å². The van der Waals surface area contributed by atoms with Gasteiger partial charge in [0.1, 0.15) is 0 Å². The molecule has 1 unspecified atom stereocenters. The third kappa shape index (κ3) is 2.83. The number of likely N-dealkylation sites (N-methyl/N-ethyl adjacent to an activating group) is 1. The minimum Gasteiger partial charge on any atom is -0.399 e. The van der Waals surface area contributed by atoms with Gasteiger partial charge in [0.05, 0.1) is 0 Å². The van der Waals surface area contributed by atoms with Gasteiger partial charge in [0.25, 0.3) is 0 Å². The Morgan fingerprint density at radius 3 is 2.28 bits per heavy atom. The molecule has 2 nitrogen and oxygen atoms in total. The van der Waals surface area contributed by atoms with E-state index in [2.05, 4.69) is 49.2 Å². The fourth-order valence-electron chi connectivity index (χ4n) is 2.09. The maximum absolute atomic E-state index is 5.99. The lowest BCUT2D eigenvalue weighted by molar-refractivity contribution is 0.683. The first kappa shape index (κ1) is 12.5. The molecule has 0 fully saturated rings. The van der Waals surface area contributed by atoms with Crippen molar-refractivity contribution in [1.82, 2.24) is 0 Å². The molecule has 0 bridgehead atoms. The summed E-state index contributed by atoms with van der Waals surface area (Å²) in [5.74, 6) is 0. The number of hydrogen-bond acceptors (Lipinski definition) is 2. The molecule has 2 rings (SSSR count). The van der Waals surface area contributed by atoms with Crippen molar-refractivity contribution in [2.24, 2.45) is 0 Å². The summed E-state index contributed by atoms with van der Waals surface area (Å²) < 4.78 is 0. The lowest BCUT2D eigenvalue weighted by Gasteiger charge is -2.27. The Morgan fingerprint density at radius 2 is 1.61 bits per heavy atom. The van der Waals surface area contributed by atoms with Crippen LogP contribution in [0.25, 0.3) is 0 Å². The zero-order valence-electron chi connectivity index (χ0n) is 11.0. The number of benzene rings is 2. The highest BCUT2D eigenvalue weighted by Crippen LogP contribution is 2.19. The molecule has 0 spiro atoms. The van der Waals surface area contributed by atoms with Crippen LogP contribution in [-0.4, -0.2) is 13.1 Å². The fourth-order valence-corrected chi connectivity index (χ4v) is 2.09. The SMILES string of the molecule is CC(Cc1ccccc1N)N(C)c1ccccc1. The van der Waals surface area contributed by atoms with E-state index in [0.29, 0.717) is 6.04 Å². The van der Waals surface area contributed by atoms with Crippen LogP contribution in [0.1, 0.15) is 12.5 Å². The first-order valence-electron chi connectivity index (χ1n) is 6.29. The summed E-state index contributed by atoms with van der Waals surface area (Å²) in [5.41, 5.74) is 9.32. The van der Waals surface area contributed by atoms with Crippen molar-refractivity contribution >= 4 is 11.4 Å². The van der Waals surface area contributed by atoms with Gasteiger partial charge in [0, 0.05) is 24.5 Å². The Kier molecular flexibility index (Phi) is 3.88. The molecule has 0 saturated heterocycles. The molecule has 2 heteroatoms. The van der Waals surface area contributed by atoms with Gasteiger partial charge < -0.3 is 10.6 Å². The Labute approximate surface area is 109 Å². The highest BCUT2D eigenvalue weighted by Gasteiger charge is 2.11. The van der Waals surface area contributed by atoms with Gasteiger partial charge >= 0.3 is 0 Å². The van der Waals surface area contributed by atoms with Crippen molar-refractivity contribution in [3.05, 3.63) is 60.2 Å². The number of para-hydroxylation sites is 2. The molecular formula is C16H20N2. The van der Waals surface area contributed by atoms with Crippen LogP contribution in [0.2, 0.25) is 0 Å². The van der Waals surface area contributed by atoms with Crippen molar-refractivity contribution in [1.29, 1.82) is 0 Å². The van der Waals surface area contributed by atoms with E-state index in [1.807, 2.05) is 24.3 Å². The van der Waals surface area contributed by atoms with E-state index >= 15 is 0 Å². The van der Waals surface area contributed by atoms with Gasteiger partial charge in [-0.15, -0.1) is 0 Å². The van der Waals surface area contributed by atoms with Crippen molar-refractivity contribution in [2.75, 3.05) is 17.7 Å². The number of nitrogens with two attached hydrogens (primary N) is 1. The largest absolute Gasteiger partial charge is 0.399 e. The highest BCUT2D eigenvalue weighted by atomic mass is 15.1.